The maximum absolute atomic E-state index is 12.5. The average Bonchev–Trinajstić information content (AvgIpc) is 2.93. The predicted octanol–water partition coefficient (Wildman–Crippen LogP) is 4.77. The largest absolute Gasteiger partial charge is 0.351 e. The monoisotopic (exact) mass is 324 g/mol. The van der Waals surface area contributed by atoms with Gasteiger partial charge in [0.2, 0.25) is 0 Å². The fraction of sp³-hybridized carbons (Fsp3) is 0.211. The summed E-state index contributed by atoms with van der Waals surface area (Å²) in [5.41, 5.74) is 2.86. The molecule has 0 saturated carbocycles. The number of fused-ring (bicyclic) bond motifs is 1. The Bertz CT molecular complexity index is 821. The third-order valence-corrected chi connectivity index (χ3v) is 4.80. The second-order valence-electron chi connectivity index (χ2n) is 5.55. The van der Waals surface area contributed by atoms with Crippen molar-refractivity contribution in [1.82, 2.24) is 10.3 Å². The quantitative estimate of drug-likeness (QED) is 0.710. The van der Waals surface area contributed by atoms with Crippen molar-refractivity contribution in [2.75, 3.05) is 6.54 Å². The normalized spacial score (nSPS) is 10.9. The number of carbonyl (C=O) groups excluding carboxylic acids is 1. The van der Waals surface area contributed by atoms with Crippen LogP contribution in [0.25, 0.3) is 10.9 Å². The van der Waals surface area contributed by atoms with E-state index in [9.17, 15) is 4.79 Å². The zero-order valence-electron chi connectivity index (χ0n) is 13.3. The standard InChI is InChI=1S/C19H20N2OS/c1-3-12-20-19(22)17-18(15-6-4-5-7-16(15)21-17)23-14-10-8-13(2)9-11-14/h4-11,21H,3,12H2,1-2H3,(H,20,22). The summed E-state index contributed by atoms with van der Waals surface area (Å²) in [6.45, 7) is 4.81. The minimum atomic E-state index is -0.0438. The molecule has 3 aromatic rings. The molecule has 0 bridgehead atoms. The van der Waals surface area contributed by atoms with E-state index in [1.807, 2.05) is 25.1 Å². The second kappa shape index (κ2) is 6.92. The van der Waals surface area contributed by atoms with E-state index in [2.05, 4.69) is 47.6 Å². The van der Waals surface area contributed by atoms with Gasteiger partial charge in [-0.25, -0.2) is 0 Å². The summed E-state index contributed by atoms with van der Waals surface area (Å²) in [6, 6.07) is 16.4. The Labute approximate surface area is 140 Å². The molecule has 3 rings (SSSR count). The van der Waals surface area contributed by atoms with Crippen molar-refractivity contribution in [3.05, 3.63) is 59.8 Å². The smallest absolute Gasteiger partial charge is 0.268 e. The molecule has 1 aromatic heterocycles. The second-order valence-corrected chi connectivity index (χ2v) is 6.63. The number of benzene rings is 2. The van der Waals surface area contributed by atoms with Crippen LogP contribution in [0.5, 0.6) is 0 Å². The molecular weight excluding hydrogens is 304 g/mol. The van der Waals surface area contributed by atoms with Gasteiger partial charge >= 0.3 is 0 Å². The van der Waals surface area contributed by atoms with Crippen LogP contribution in [0.4, 0.5) is 0 Å². The average molecular weight is 324 g/mol. The van der Waals surface area contributed by atoms with Gasteiger partial charge in [0, 0.05) is 22.3 Å². The van der Waals surface area contributed by atoms with Gasteiger partial charge in [-0.05, 0) is 31.5 Å². The van der Waals surface area contributed by atoms with Gasteiger partial charge in [0.15, 0.2) is 0 Å². The van der Waals surface area contributed by atoms with E-state index in [0.717, 1.165) is 27.1 Å². The molecule has 118 valence electrons. The number of aromatic amines is 1. The van der Waals surface area contributed by atoms with Crippen molar-refractivity contribution >= 4 is 28.6 Å². The number of aryl methyl sites for hydroxylation is 1. The molecule has 0 saturated heterocycles. The highest BCUT2D eigenvalue weighted by Gasteiger charge is 2.18. The molecule has 1 heterocycles. The van der Waals surface area contributed by atoms with Crippen molar-refractivity contribution in [3.63, 3.8) is 0 Å². The van der Waals surface area contributed by atoms with E-state index in [1.54, 1.807) is 11.8 Å². The third kappa shape index (κ3) is 3.42. The van der Waals surface area contributed by atoms with Crippen LogP contribution in [0, 0.1) is 6.92 Å². The molecule has 0 unspecified atom stereocenters. The van der Waals surface area contributed by atoms with E-state index >= 15 is 0 Å². The molecule has 1 amide bonds. The number of amides is 1. The molecule has 0 radical (unpaired) electrons. The lowest BCUT2D eigenvalue weighted by Crippen LogP contribution is -2.24. The number of rotatable bonds is 5. The van der Waals surface area contributed by atoms with E-state index in [1.165, 1.54) is 5.56 Å². The number of hydrogen-bond acceptors (Lipinski definition) is 2. The molecular formula is C19H20N2OS. The van der Waals surface area contributed by atoms with Crippen LogP contribution in [0.3, 0.4) is 0 Å². The summed E-state index contributed by atoms with van der Waals surface area (Å²) < 4.78 is 0. The molecule has 0 atom stereocenters. The van der Waals surface area contributed by atoms with Crippen molar-refractivity contribution in [2.24, 2.45) is 0 Å². The van der Waals surface area contributed by atoms with E-state index in [4.69, 9.17) is 0 Å². The van der Waals surface area contributed by atoms with E-state index in [0.29, 0.717) is 12.2 Å². The van der Waals surface area contributed by atoms with E-state index < -0.39 is 0 Å². The number of carbonyl (C=O) groups is 1. The lowest BCUT2D eigenvalue weighted by atomic mass is 10.2. The summed E-state index contributed by atoms with van der Waals surface area (Å²) in [4.78, 5) is 17.9. The fourth-order valence-corrected chi connectivity index (χ4v) is 3.47. The number of hydrogen-bond donors (Lipinski definition) is 2. The lowest BCUT2D eigenvalue weighted by Gasteiger charge is -2.06. The number of para-hydroxylation sites is 1. The predicted molar refractivity (Wildman–Crippen MR) is 96.2 cm³/mol. The van der Waals surface area contributed by atoms with Crippen LogP contribution in [-0.2, 0) is 0 Å². The molecule has 2 N–H and O–H groups in total. The number of aromatic nitrogens is 1. The maximum Gasteiger partial charge on any atom is 0.268 e. The first-order valence-electron chi connectivity index (χ1n) is 7.82. The van der Waals surface area contributed by atoms with Gasteiger partial charge in [-0.2, -0.15) is 0 Å². The minimum absolute atomic E-state index is 0.0438. The topological polar surface area (TPSA) is 44.9 Å². The van der Waals surface area contributed by atoms with Crippen LogP contribution in [0.2, 0.25) is 0 Å². The summed E-state index contributed by atoms with van der Waals surface area (Å²) in [5.74, 6) is -0.0438. The van der Waals surface area contributed by atoms with Gasteiger partial charge in [0.25, 0.3) is 5.91 Å². The van der Waals surface area contributed by atoms with Crippen molar-refractivity contribution in [1.29, 1.82) is 0 Å². The van der Waals surface area contributed by atoms with Crippen molar-refractivity contribution in [3.8, 4) is 0 Å². The van der Waals surface area contributed by atoms with Crippen LogP contribution in [0.15, 0.2) is 58.3 Å². The third-order valence-electron chi connectivity index (χ3n) is 3.66. The molecule has 4 heteroatoms. The maximum atomic E-state index is 12.5. The summed E-state index contributed by atoms with van der Waals surface area (Å²) in [7, 11) is 0. The Hall–Kier alpha value is -2.20. The molecule has 2 aromatic carbocycles. The summed E-state index contributed by atoms with van der Waals surface area (Å²) >= 11 is 1.63. The Balaban J connectivity index is 2.01. The lowest BCUT2D eigenvalue weighted by molar-refractivity contribution is 0.0946. The molecule has 0 spiro atoms. The van der Waals surface area contributed by atoms with Crippen molar-refractivity contribution in [2.45, 2.75) is 30.1 Å². The van der Waals surface area contributed by atoms with Gasteiger partial charge < -0.3 is 10.3 Å². The Morgan fingerprint density at radius 3 is 2.61 bits per heavy atom. The zero-order chi connectivity index (χ0) is 16.2. The molecule has 0 aliphatic rings. The highest BCUT2D eigenvalue weighted by Crippen LogP contribution is 2.36. The minimum Gasteiger partial charge on any atom is -0.351 e. The highest BCUT2D eigenvalue weighted by atomic mass is 32.2. The van der Waals surface area contributed by atoms with E-state index in [-0.39, 0.29) is 5.91 Å². The van der Waals surface area contributed by atoms with Crippen molar-refractivity contribution < 1.29 is 4.79 Å². The molecule has 0 aliphatic carbocycles. The first kappa shape index (κ1) is 15.7. The fourth-order valence-electron chi connectivity index (χ4n) is 2.43. The van der Waals surface area contributed by atoms with Gasteiger partial charge in [-0.1, -0.05) is 54.6 Å². The van der Waals surface area contributed by atoms with Crippen LogP contribution in [-0.4, -0.2) is 17.4 Å². The molecule has 0 aliphatic heterocycles. The summed E-state index contributed by atoms with van der Waals surface area (Å²) in [5, 5.41) is 4.04. The number of H-pyrrole nitrogens is 1. The van der Waals surface area contributed by atoms with Crippen LogP contribution >= 0.6 is 11.8 Å². The Morgan fingerprint density at radius 1 is 1.13 bits per heavy atom. The Morgan fingerprint density at radius 2 is 1.87 bits per heavy atom. The zero-order valence-corrected chi connectivity index (χ0v) is 14.2. The Kier molecular flexibility index (Phi) is 4.72. The SMILES string of the molecule is CCCNC(=O)c1[nH]c2ccccc2c1Sc1ccc(C)cc1. The first-order chi connectivity index (χ1) is 11.2. The number of nitrogens with one attached hydrogen (secondary N) is 2. The van der Waals surface area contributed by atoms with Crippen LogP contribution < -0.4 is 5.32 Å². The van der Waals surface area contributed by atoms with Gasteiger partial charge in [-0.3, -0.25) is 4.79 Å². The molecule has 23 heavy (non-hydrogen) atoms. The first-order valence-corrected chi connectivity index (χ1v) is 8.64. The van der Waals surface area contributed by atoms with Gasteiger partial charge in [0.1, 0.15) is 5.69 Å². The van der Waals surface area contributed by atoms with Gasteiger partial charge in [-0.15, -0.1) is 0 Å². The van der Waals surface area contributed by atoms with Gasteiger partial charge in [0.05, 0.1) is 4.90 Å². The van der Waals surface area contributed by atoms with Crippen LogP contribution in [0.1, 0.15) is 29.4 Å². The summed E-state index contributed by atoms with van der Waals surface area (Å²) in [6.07, 6.45) is 0.923. The highest BCUT2D eigenvalue weighted by molar-refractivity contribution is 7.99. The molecule has 0 fully saturated rings. The molecule has 3 nitrogen and oxygen atoms in total.